The van der Waals surface area contributed by atoms with E-state index in [0.717, 1.165) is 25.0 Å². The fourth-order valence-corrected chi connectivity index (χ4v) is 3.23. The molecule has 1 aliphatic rings. The van der Waals surface area contributed by atoms with Gasteiger partial charge in [-0.15, -0.1) is 11.3 Å². The zero-order valence-corrected chi connectivity index (χ0v) is 13.6. The van der Waals surface area contributed by atoms with Crippen LogP contribution in [-0.4, -0.2) is 16.4 Å². The Bertz CT molecular complexity index is 659. The fraction of sp³-hybridized carbons (Fsp3) is 0.412. The highest BCUT2D eigenvalue weighted by atomic mass is 32.1. The van der Waals surface area contributed by atoms with Gasteiger partial charge in [0.05, 0.1) is 5.69 Å². The number of thiazole rings is 1. The molecule has 5 heteroatoms. The van der Waals surface area contributed by atoms with Crippen molar-refractivity contribution >= 4 is 22.4 Å². The van der Waals surface area contributed by atoms with E-state index in [1.807, 2.05) is 5.38 Å². The standard InChI is InChI=1S/C17H21N3OS/c1-12-2-4-13(5-3-12)10-17(8-9-17)20-15(21)7-6-14-11-22-16(18)19-14/h2-5,11H,6-10H2,1H3,(H2,18,19)(H,20,21). The van der Waals surface area contributed by atoms with Crippen molar-refractivity contribution in [3.05, 3.63) is 46.5 Å². The Balaban J connectivity index is 1.51. The molecule has 116 valence electrons. The number of anilines is 1. The molecule has 3 N–H and O–H groups in total. The number of nitrogens with zero attached hydrogens (tertiary/aromatic N) is 1. The van der Waals surface area contributed by atoms with Gasteiger partial charge in [-0.05, 0) is 38.2 Å². The van der Waals surface area contributed by atoms with E-state index in [1.165, 1.54) is 22.5 Å². The van der Waals surface area contributed by atoms with Crippen LogP contribution in [0.5, 0.6) is 0 Å². The summed E-state index contributed by atoms with van der Waals surface area (Å²) in [4.78, 5) is 16.3. The molecular formula is C17H21N3OS. The quantitative estimate of drug-likeness (QED) is 0.861. The largest absolute Gasteiger partial charge is 0.375 e. The number of hydrogen-bond acceptors (Lipinski definition) is 4. The van der Waals surface area contributed by atoms with Gasteiger partial charge < -0.3 is 11.1 Å². The number of aryl methyl sites for hydroxylation is 2. The third-order valence-electron chi connectivity index (χ3n) is 4.10. The maximum atomic E-state index is 12.2. The maximum absolute atomic E-state index is 12.2. The lowest BCUT2D eigenvalue weighted by atomic mass is 10.0. The van der Waals surface area contributed by atoms with Gasteiger partial charge in [-0.2, -0.15) is 0 Å². The van der Waals surface area contributed by atoms with E-state index >= 15 is 0 Å². The van der Waals surface area contributed by atoms with Crippen molar-refractivity contribution in [3.8, 4) is 0 Å². The SMILES string of the molecule is Cc1ccc(CC2(NC(=O)CCc3csc(N)n3)CC2)cc1. The van der Waals surface area contributed by atoms with Crippen LogP contribution in [0.1, 0.15) is 36.1 Å². The van der Waals surface area contributed by atoms with Gasteiger partial charge in [-0.1, -0.05) is 29.8 Å². The number of nitrogens with two attached hydrogens (primary N) is 1. The van der Waals surface area contributed by atoms with Crippen molar-refractivity contribution in [3.63, 3.8) is 0 Å². The van der Waals surface area contributed by atoms with E-state index in [4.69, 9.17) is 5.73 Å². The molecule has 1 amide bonds. The third-order valence-corrected chi connectivity index (χ3v) is 4.82. The number of nitrogen functional groups attached to an aromatic ring is 1. The first-order valence-corrected chi connectivity index (χ1v) is 8.49. The molecule has 0 bridgehead atoms. The van der Waals surface area contributed by atoms with Gasteiger partial charge >= 0.3 is 0 Å². The second-order valence-electron chi connectivity index (χ2n) is 6.17. The van der Waals surface area contributed by atoms with E-state index < -0.39 is 0 Å². The van der Waals surface area contributed by atoms with E-state index in [-0.39, 0.29) is 11.4 Å². The first-order valence-electron chi connectivity index (χ1n) is 7.61. The number of carbonyl (C=O) groups is 1. The molecule has 0 aliphatic heterocycles. The molecule has 1 heterocycles. The molecule has 1 fully saturated rings. The van der Waals surface area contributed by atoms with Crippen LogP contribution in [-0.2, 0) is 17.6 Å². The normalized spacial score (nSPS) is 15.5. The highest BCUT2D eigenvalue weighted by molar-refractivity contribution is 7.13. The van der Waals surface area contributed by atoms with Crippen LogP contribution in [0.4, 0.5) is 5.13 Å². The Kier molecular flexibility index (Phi) is 4.16. The van der Waals surface area contributed by atoms with Crippen LogP contribution in [0, 0.1) is 6.92 Å². The van der Waals surface area contributed by atoms with Crippen LogP contribution in [0.2, 0.25) is 0 Å². The molecule has 0 atom stereocenters. The molecule has 1 aromatic heterocycles. The van der Waals surface area contributed by atoms with Gasteiger partial charge in [0.25, 0.3) is 0 Å². The Morgan fingerprint density at radius 2 is 2.09 bits per heavy atom. The van der Waals surface area contributed by atoms with Gasteiger partial charge in [0.1, 0.15) is 0 Å². The minimum Gasteiger partial charge on any atom is -0.375 e. The molecule has 1 aliphatic carbocycles. The number of carbonyl (C=O) groups excluding carboxylic acids is 1. The molecular weight excluding hydrogens is 294 g/mol. The maximum Gasteiger partial charge on any atom is 0.220 e. The van der Waals surface area contributed by atoms with E-state index in [2.05, 4.69) is 41.5 Å². The van der Waals surface area contributed by atoms with Gasteiger partial charge in [0.2, 0.25) is 5.91 Å². The van der Waals surface area contributed by atoms with E-state index in [9.17, 15) is 4.79 Å². The Morgan fingerprint density at radius 3 is 2.68 bits per heavy atom. The molecule has 0 spiro atoms. The summed E-state index contributed by atoms with van der Waals surface area (Å²) in [6.45, 7) is 2.09. The van der Waals surface area contributed by atoms with Crippen molar-refractivity contribution in [2.75, 3.05) is 5.73 Å². The first kappa shape index (κ1) is 15.0. The van der Waals surface area contributed by atoms with Crippen LogP contribution < -0.4 is 11.1 Å². The molecule has 0 unspecified atom stereocenters. The predicted octanol–water partition coefficient (Wildman–Crippen LogP) is 2.86. The van der Waals surface area contributed by atoms with Gasteiger partial charge in [0, 0.05) is 17.3 Å². The molecule has 1 saturated carbocycles. The molecule has 0 radical (unpaired) electrons. The summed E-state index contributed by atoms with van der Waals surface area (Å²) in [5, 5.41) is 5.69. The highest BCUT2D eigenvalue weighted by Crippen LogP contribution is 2.38. The average Bonchev–Trinajstić information content (AvgIpc) is 3.10. The smallest absolute Gasteiger partial charge is 0.220 e. The van der Waals surface area contributed by atoms with E-state index in [1.54, 1.807) is 0 Å². The van der Waals surface area contributed by atoms with Crippen molar-refractivity contribution in [1.82, 2.24) is 10.3 Å². The number of aromatic nitrogens is 1. The van der Waals surface area contributed by atoms with Crippen molar-refractivity contribution in [1.29, 1.82) is 0 Å². The number of amides is 1. The Hall–Kier alpha value is -1.88. The van der Waals surface area contributed by atoms with Crippen LogP contribution in [0.25, 0.3) is 0 Å². The topological polar surface area (TPSA) is 68.0 Å². The Morgan fingerprint density at radius 1 is 1.36 bits per heavy atom. The van der Waals surface area contributed by atoms with Crippen molar-refractivity contribution in [2.24, 2.45) is 0 Å². The third kappa shape index (κ3) is 3.85. The minimum atomic E-state index is -0.0204. The molecule has 2 aromatic rings. The second-order valence-corrected chi connectivity index (χ2v) is 7.06. The van der Waals surface area contributed by atoms with Crippen LogP contribution in [0.15, 0.2) is 29.6 Å². The Labute approximate surface area is 134 Å². The summed E-state index contributed by atoms with van der Waals surface area (Å²) < 4.78 is 0. The lowest BCUT2D eigenvalue weighted by molar-refractivity contribution is -0.122. The minimum absolute atomic E-state index is 0.0204. The highest BCUT2D eigenvalue weighted by Gasteiger charge is 2.43. The van der Waals surface area contributed by atoms with Crippen molar-refractivity contribution in [2.45, 2.75) is 44.6 Å². The average molecular weight is 315 g/mol. The van der Waals surface area contributed by atoms with Crippen molar-refractivity contribution < 1.29 is 4.79 Å². The van der Waals surface area contributed by atoms with Gasteiger partial charge in [-0.25, -0.2) is 4.98 Å². The van der Waals surface area contributed by atoms with E-state index in [0.29, 0.717) is 18.0 Å². The van der Waals surface area contributed by atoms with Crippen LogP contribution in [0.3, 0.4) is 0 Å². The molecule has 22 heavy (non-hydrogen) atoms. The molecule has 0 saturated heterocycles. The summed E-state index contributed by atoms with van der Waals surface area (Å²) in [5.74, 6) is 0.108. The lowest BCUT2D eigenvalue weighted by Gasteiger charge is -2.17. The van der Waals surface area contributed by atoms with Crippen LogP contribution >= 0.6 is 11.3 Å². The molecule has 1 aromatic carbocycles. The number of benzene rings is 1. The summed E-state index contributed by atoms with van der Waals surface area (Å²) in [6.07, 6.45) is 4.17. The summed E-state index contributed by atoms with van der Waals surface area (Å²) in [5.41, 5.74) is 9.04. The zero-order chi connectivity index (χ0) is 15.6. The van der Waals surface area contributed by atoms with Gasteiger partial charge in [0.15, 0.2) is 5.13 Å². The summed E-state index contributed by atoms with van der Waals surface area (Å²) >= 11 is 1.42. The number of hydrogen-bond donors (Lipinski definition) is 2. The second kappa shape index (κ2) is 6.08. The molecule has 4 nitrogen and oxygen atoms in total. The summed E-state index contributed by atoms with van der Waals surface area (Å²) in [6, 6.07) is 8.55. The monoisotopic (exact) mass is 315 g/mol. The number of nitrogens with one attached hydrogen (secondary N) is 1. The fourth-order valence-electron chi connectivity index (χ4n) is 2.63. The zero-order valence-electron chi connectivity index (χ0n) is 12.8. The molecule has 3 rings (SSSR count). The lowest BCUT2D eigenvalue weighted by Crippen LogP contribution is -2.38. The predicted molar refractivity (Wildman–Crippen MR) is 89.8 cm³/mol. The van der Waals surface area contributed by atoms with Gasteiger partial charge in [-0.3, -0.25) is 4.79 Å². The number of rotatable bonds is 6. The first-order chi connectivity index (χ1) is 10.5. The summed E-state index contributed by atoms with van der Waals surface area (Å²) in [7, 11) is 0.